The van der Waals surface area contributed by atoms with Crippen molar-refractivity contribution in [3.63, 3.8) is 0 Å². The van der Waals surface area contributed by atoms with Crippen LogP contribution >= 0.6 is 15.9 Å². The molecule has 0 bridgehead atoms. The van der Waals surface area contributed by atoms with E-state index in [1.807, 2.05) is 26.0 Å². The number of halogens is 1. The molecule has 0 N–H and O–H groups in total. The minimum Gasteiger partial charge on any atom is -0.207 e. The van der Waals surface area contributed by atoms with Crippen molar-refractivity contribution in [1.82, 2.24) is 4.31 Å². The molecule has 1 heterocycles. The summed E-state index contributed by atoms with van der Waals surface area (Å²) < 4.78 is 27.4. The maximum Gasteiger partial charge on any atom is 0.244 e. The maximum absolute atomic E-state index is 12.6. The molecule has 1 saturated heterocycles. The lowest BCUT2D eigenvalue weighted by molar-refractivity contribution is 0.408. The summed E-state index contributed by atoms with van der Waals surface area (Å²) in [5, 5.41) is 0. The zero-order chi connectivity index (χ0) is 12.6. The van der Waals surface area contributed by atoms with Crippen molar-refractivity contribution in [1.29, 1.82) is 0 Å². The van der Waals surface area contributed by atoms with Crippen LogP contribution in [0.4, 0.5) is 0 Å². The van der Waals surface area contributed by atoms with Gasteiger partial charge in [0.25, 0.3) is 0 Å². The third kappa shape index (κ3) is 2.28. The van der Waals surface area contributed by atoms with Gasteiger partial charge in [-0.3, -0.25) is 0 Å². The molecule has 3 nitrogen and oxygen atoms in total. The van der Waals surface area contributed by atoms with Crippen LogP contribution in [0.5, 0.6) is 0 Å². The Balaban J connectivity index is 2.52. The van der Waals surface area contributed by atoms with E-state index in [-0.39, 0.29) is 6.04 Å². The van der Waals surface area contributed by atoms with E-state index < -0.39 is 10.0 Å². The molecule has 1 aromatic carbocycles. The average Bonchev–Trinajstić information content (AvgIpc) is 2.64. The Morgan fingerprint density at radius 2 is 2.12 bits per heavy atom. The highest BCUT2D eigenvalue weighted by atomic mass is 79.9. The number of aryl methyl sites for hydroxylation is 1. The van der Waals surface area contributed by atoms with Crippen molar-refractivity contribution in [2.24, 2.45) is 0 Å². The highest BCUT2D eigenvalue weighted by Gasteiger charge is 2.34. The molecule has 1 fully saturated rings. The molecule has 0 aromatic heterocycles. The Kier molecular flexibility index (Phi) is 3.61. The van der Waals surface area contributed by atoms with Gasteiger partial charge in [-0.2, -0.15) is 4.31 Å². The van der Waals surface area contributed by atoms with E-state index in [0.717, 1.165) is 18.4 Å². The number of benzene rings is 1. The molecule has 1 aliphatic heterocycles. The van der Waals surface area contributed by atoms with Crippen LogP contribution < -0.4 is 0 Å². The predicted octanol–water partition coefficient (Wildman–Crippen LogP) is 2.93. The topological polar surface area (TPSA) is 37.4 Å². The van der Waals surface area contributed by atoms with Gasteiger partial charge in [-0.05, 0) is 54.2 Å². The van der Waals surface area contributed by atoms with Gasteiger partial charge in [-0.15, -0.1) is 0 Å². The second kappa shape index (κ2) is 4.71. The lowest BCUT2D eigenvalue weighted by Crippen LogP contribution is -2.34. The van der Waals surface area contributed by atoms with Crippen LogP contribution in [-0.4, -0.2) is 25.3 Å². The number of nitrogens with zero attached hydrogens (tertiary/aromatic N) is 1. The van der Waals surface area contributed by atoms with E-state index in [0.29, 0.717) is 15.9 Å². The van der Waals surface area contributed by atoms with Gasteiger partial charge in [-0.1, -0.05) is 12.1 Å². The average molecular weight is 318 g/mol. The lowest BCUT2D eigenvalue weighted by Gasteiger charge is -2.22. The maximum atomic E-state index is 12.6. The van der Waals surface area contributed by atoms with E-state index >= 15 is 0 Å². The fourth-order valence-corrected chi connectivity index (χ4v) is 5.38. The summed E-state index contributed by atoms with van der Waals surface area (Å²) in [6.07, 6.45) is 1.90. The predicted molar refractivity (Wildman–Crippen MR) is 71.5 cm³/mol. The van der Waals surface area contributed by atoms with Gasteiger partial charge in [-0.25, -0.2) is 8.42 Å². The molecular weight excluding hydrogens is 302 g/mol. The quantitative estimate of drug-likeness (QED) is 0.841. The smallest absolute Gasteiger partial charge is 0.207 e. The van der Waals surface area contributed by atoms with E-state index in [4.69, 9.17) is 0 Å². The third-order valence-electron chi connectivity index (χ3n) is 3.22. The molecule has 0 radical (unpaired) electrons. The first-order valence-corrected chi connectivity index (χ1v) is 7.95. The Morgan fingerprint density at radius 3 is 2.65 bits per heavy atom. The van der Waals surface area contributed by atoms with Crippen molar-refractivity contribution in [2.45, 2.75) is 37.6 Å². The molecule has 2 rings (SSSR count). The van der Waals surface area contributed by atoms with E-state index in [2.05, 4.69) is 15.9 Å². The molecule has 1 unspecified atom stereocenters. The Bertz CT molecular complexity index is 507. The summed E-state index contributed by atoms with van der Waals surface area (Å²) in [7, 11) is -3.36. The zero-order valence-corrected chi connectivity index (χ0v) is 12.4. The molecule has 17 heavy (non-hydrogen) atoms. The minimum absolute atomic E-state index is 0.103. The second-order valence-corrected chi connectivity index (χ2v) is 7.17. The van der Waals surface area contributed by atoms with Crippen LogP contribution in [0, 0.1) is 6.92 Å². The zero-order valence-electron chi connectivity index (χ0n) is 9.98. The van der Waals surface area contributed by atoms with Gasteiger partial charge in [0.1, 0.15) is 0 Å². The van der Waals surface area contributed by atoms with Crippen LogP contribution in [0.2, 0.25) is 0 Å². The summed E-state index contributed by atoms with van der Waals surface area (Å²) in [4.78, 5) is 0.411. The molecular formula is C12H16BrNO2S. The molecule has 0 amide bonds. The van der Waals surface area contributed by atoms with Crippen LogP contribution in [0.15, 0.2) is 27.6 Å². The molecule has 1 atom stereocenters. The van der Waals surface area contributed by atoms with Crippen molar-refractivity contribution >= 4 is 26.0 Å². The van der Waals surface area contributed by atoms with Gasteiger partial charge in [0.05, 0.1) is 4.90 Å². The summed E-state index contributed by atoms with van der Waals surface area (Å²) in [5.41, 5.74) is 0.790. The normalized spacial score (nSPS) is 21.9. The largest absolute Gasteiger partial charge is 0.244 e. The summed E-state index contributed by atoms with van der Waals surface area (Å²) in [6, 6.07) is 5.57. The Hall–Kier alpha value is -0.390. The van der Waals surface area contributed by atoms with Gasteiger partial charge in [0.15, 0.2) is 0 Å². The van der Waals surface area contributed by atoms with E-state index in [9.17, 15) is 8.42 Å². The molecule has 0 aliphatic carbocycles. The first-order chi connectivity index (χ1) is 7.94. The van der Waals surface area contributed by atoms with E-state index in [1.54, 1.807) is 10.4 Å². The molecule has 1 aromatic rings. The van der Waals surface area contributed by atoms with E-state index in [1.165, 1.54) is 0 Å². The molecule has 1 aliphatic rings. The minimum atomic E-state index is -3.36. The molecule has 0 spiro atoms. The van der Waals surface area contributed by atoms with Crippen molar-refractivity contribution in [3.05, 3.63) is 28.2 Å². The van der Waals surface area contributed by atoms with Crippen LogP contribution in [0.25, 0.3) is 0 Å². The van der Waals surface area contributed by atoms with Crippen LogP contribution in [0.1, 0.15) is 25.3 Å². The Morgan fingerprint density at radius 1 is 1.41 bits per heavy atom. The SMILES string of the molecule is Cc1cccc(Br)c1S(=O)(=O)N1CCCC1C. The highest BCUT2D eigenvalue weighted by molar-refractivity contribution is 9.10. The number of rotatable bonds is 2. The van der Waals surface area contributed by atoms with Crippen LogP contribution in [0.3, 0.4) is 0 Å². The van der Waals surface area contributed by atoms with Crippen molar-refractivity contribution < 1.29 is 8.42 Å². The number of hydrogen-bond donors (Lipinski definition) is 0. The second-order valence-electron chi connectivity index (χ2n) is 4.49. The lowest BCUT2D eigenvalue weighted by atomic mass is 10.2. The van der Waals surface area contributed by atoms with Gasteiger partial charge in [0, 0.05) is 17.1 Å². The summed E-state index contributed by atoms with van der Waals surface area (Å²) in [5.74, 6) is 0. The first kappa shape index (κ1) is 13.1. The van der Waals surface area contributed by atoms with Crippen molar-refractivity contribution in [3.8, 4) is 0 Å². The van der Waals surface area contributed by atoms with Gasteiger partial charge in [0.2, 0.25) is 10.0 Å². The van der Waals surface area contributed by atoms with Gasteiger partial charge >= 0.3 is 0 Å². The fourth-order valence-electron chi connectivity index (χ4n) is 2.32. The fraction of sp³-hybridized carbons (Fsp3) is 0.500. The van der Waals surface area contributed by atoms with Gasteiger partial charge < -0.3 is 0 Å². The first-order valence-electron chi connectivity index (χ1n) is 5.71. The number of hydrogen-bond acceptors (Lipinski definition) is 2. The van der Waals surface area contributed by atoms with Crippen molar-refractivity contribution in [2.75, 3.05) is 6.54 Å². The molecule has 0 saturated carbocycles. The van der Waals surface area contributed by atoms with Crippen LogP contribution in [-0.2, 0) is 10.0 Å². The molecule has 5 heteroatoms. The number of sulfonamides is 1. The third-order valence-corrected chi connectivity index (χ3v) is 6.36. The standard InChI is InChI=1S/C12H16BrNO2S/c1-9-5-3-7-11(13)12(9)17(15,16)14-8-4-6-10(14)2/h3,5,7,10H,4,6,8H2,1-2H3. The summed E-state index contributed by atoms with van der Waals surface area (Å²) >= 11 is 3.34. The Labute approximate surface area is 111 Å². The monoisotopic (exact) mass is 317 g/mol. The molecule has 94 valence electrons. The highest BCUT2D eigenvalue weighted by Crippen LogP contribution is 2.32. The summed E-state index contributed by atoms with van der Waals surface area (Å²) in [6.45, 7) is 4.43.